The molecule has 0 fully saturated rings. The minimum absolute atomic E-state index is 0.315. The fourth-order valence-corrected chi connectivity index (χ4v) is 2.31. The maximum Gasteiger partial charge on any atom is 0.0146 e. The van der Waals surface area contributed by atoms with Gasteiger partial charge in [-0.15, -0.1) is 0 Å². The van der Waals surface area contributed by atoms with Gasteiger partial charge in [0.1, 0.15) is 0 Å². The fraction of sp³-hybridized carbons (Fsp3) is 0.385. The highest BCUT2D eigenvalue weighted by Gasteiger charge is 2.31. The van der Waals surface area contributed by atoms with Crippen molar-refractivity contribution in [3.63, 3.8) is 0 Å². The van der Waals surface area contributed by atoms with Crippen LogP contribution in [0.1, 0.15) is 18.4 Å². The highest BCUT2D eigenvalue weighted by Crippen LogP contribution is 2.36. The Labute approximate surface area is 85.8 Å². The zero-order valence-electron chi connectivity index (χ0n) is 8.66. The predicted octanol–water partition coefficient (Wildman–Crippen LogP) is 2.49. The molecule has 0 bridgehead atoms. The summed E-state index contributed by atoms with van der Waals surface area (Å²) < 4.78 is 0. The SMILES string of the molecule is CNCC1(c2ccccc2)CC=CC1. The van der Waals surface area contributed by atoms with E-state index in [1.807, 2.05) is 7.05 Å². The molecule has 0 unspecified atom stereocenters. The molecule has 0 aliphatic heterocycles. The Balaban J connectivity index is 2.28. The first-order valence-electron chi connectivity index (χ1n) is 5.22. The van der Waals surface area contributed by atoms with Crippen LogP contribution in [0.5, 0.6) is 0 Å². The maximum absolute atomic E-state index is 3.31. The fourth-order valence-electron chi connectivity index (χ4n) is 2.31. The first-order valence-corrected chi connectivity index (χ1v) is 5.22. The third-order valence-corrected chi connectivity index (χ3v) is 3.09. The van der Waals surface area contributed by atoms with Crippen molar-refractivity contribution in [1.82, 2.24) is 5.32 Å². The van der Waals surface area contributed by atoms with Crippen LogP contribution in [0.2, 0.25) is 0 Å². The molecule has 0 heterocycles. The molecule has 0 spiro atoms. The average Bonchev–Trinajstić information content (AvgIpc) is 2.70. The number of allylic oxidation sites excluding steroid dienone is 2. The molecule has 1 aromatic rings. The van der Waals surface area contributed by atoms with E-state index in [-0.39, 0.29) is 0 Å². The molecule has 0 amide bonds. The van der Waals surface area contributed by atoms with Gasteiger partial charge in [-0.3, -0.25) is 0 Å². The van der Waals surface area contributed by atoms with Crippen molar-refractivity contribution in [3.8, 4) is 0 Å². The molecule has 1 aliphatic rings. The summed E-state index contributed by atoms with van der Waals surface area (Å²) in [7, 11) is 2.03. The second-order valence-electron chi connectivity index (χ2n) is 4.06. The van der Waals surface area contributed by atoms with Gasteiger partial charge in [0.2, 0.25) is 0 Å². The molecule has 0 aromatic heterocycles. The van der Waals surface area contributed by atoms with Crippen molar-refractivity contribution in [2.75, 3.05) is 13.6 Å². The molecular formula is C13H17N. The third-order valence-electron chi connectivity index (χ3n) is 3.09. The van der Waals surface area contributed by atoms with Crippen LogP contribution in [0, 0.1) is 0 Å². The Morgan fingerprint density at radius 2 is 1.79 bits per heavy atom. The first-order chi connectivity index (χ1) is 6.87. The Hall–Kier alpha value is -1.08. The molecule has 2 rings (SSSR count). The zero-order valence-corrected chi connectivity index (χ0v) is 8.66. The van der Waals surface area contributed by atoms with Gasteiger partial charge in [0.25, 0.3) is 0 Å². The number of nitrogens with one attached hydrogen (secondary N) is 1. The molecule has 14 heavy (non-hydrogen) atoms. The summed E-state index contributed by atoms with van der Waals surface area (Å²) in [6.45, 7) is 1.06. The molecule has 0 saturated carbocycles. The van der Waals surface area contributed by atoms with Crippen LogP contribution < -0.4 is 5.32 Å². The van der Waals surface area contributed by atoms with Gasteiger partial charge in [-0.25, -0.2) is 0 Å². The molecule has 1 nitrogen and oxygen atoms in total. The number of likely N-dealkylation sites (N-methyl/N-ethyl adjacent to an activating group) is 1. The van der Waals surface area contributed by atoms with E-state index >= 15 is 0 Å². The summed E-state index contributed by atoms with van der Waals surface area (Å²) in [6.07, 6.45) is 6.92. The van der Waals surface area contributed by atoms with Crippen LogP contribution in [0.4, 0.5) is 0 Å². The van der Waals surface area contributed by atoms with E-state index in [0.29, 0.717) is 5.41 Å². The monoisotopic (exact) mass is 187 g/mol. The molecule has 1 aromatic carbocycles. The lowest BCUT2D eigenvalue weighted by atomic mass is 9.78. The summed E-state index contributed by atoms with van der Waals surface area (Å²) >= 11 is 0. The van der Waals surface area contributed by atoms with Gasteiger partial charge in [-0.05, 0) is 25.5 Å². The number of hydrogen-bond acceptors (Lipinski definition) is 1. The van der Waals surface area contributed by atoms with Crippen molar-refractivity contribution < 1.29 is 0 Å². The Morgan fingerprint density at radius 1 is 1.14 bits per heavy atom. The summed E-state index contributed by atoms with van der Waals surface area (Å²) in [6, 6.07) is 10.8. The lowest BCUT2D eigenvalue weighted by molar-refractivity contribution is 0.436. The molecule has 74 valence electrons. The number of benzene rings is 1. The van der Waals surface area contributed by atoms with E-state index in [0.717, 1.165) is 19.4 Å². The van der Waals surface area contributed by atoms with E-state index in [2.05, 4.69) is 47.8 Å². The Bertz CT molecular complexity index is 305. The first kappa shape index (κ1) is 9.47. The summed E-state index contributed by atoms with van der Waals surface area (Å²) in [5.74, 6) is 0. The molecule has 0 atom stereocenters. The van der Waals surface area contributed by atoms with Crippen LogP contribution in [-0.2, 0) is 5.41 Å². The van der Waals surface area contributed by atoms with Gasteiger partial charge in [0, 0.05) is 12.0 Å². The van der Waals surface area contributed by atoms with Gasteiger partial charge in [0.15, 0.2) is 0 Å². The van der Waals surface area contributed by atoms with E-state index in [1.165, 1.54) is 5.56 Å². The Morgan fingerprint density at radius 3 is 2.36 bits per heavy atom. The van der Waals surface area contributed by atoms with Crippen molar-refractivity contribution in [1.29, 1.82) is 0 Å². The van der Waals surface area contributed by atoms with Crippen LogP contribution in [0.25, 0.3) is 0 Å². The van der Waals surface area contributed by atoms with Gasteiger partial charge >= 0.3 is 0 Å². The minimum Gasteiger partial charge on any atom is -0.319 e. The normalized spacial score (nSPS) is 18.6. The van der Waals surface area contributed by atoms with Gasteiger partial charge in [0.05, 0.1) is 0 Å². The lowest BCUT2D eigenvalue weighted by Gasteiger charge is -2.29. The Kier molecular flexibility index (Phi) is 2.69. The largest absolute Gasteiger partial charge is 0.319 e. The maximum atomic E-state index is 3.31. The topological polar surface area (TPSA) is 12.0 Å². The van der Waals surface area contributed by atoms with Gasteiger partial charge < -0.3 is 5.32 Å². The van der Waals surface area contributed by atoms with E-state index in [1.54, 1.807) is 0 Å². The number of rotatable bonds is 3. The van der Waals surface area contributed by atoms with Crippen LogP contribution in [0.3, 0.4) is 0 Å². The van der Waals surface area contributed by atoms with Crippen molar-refractivity contribution >= 4 is 0 Å². The molecule has 1 heteroatoms. The highest BCUT2D eigenvalue weighted by molar-refractivity contribution is 5.30. The van der Waals surface area contributed by atoms with Crippen molar-refractivity contribution in [2.45, 2.75) is 18.3 Å². The average molecular weight is 187 g/mol. The zero-order chi connectivity index (χ0) is 9.86. The van der Waals surface area contributed by atoms with E-state index in [4.69, 9.17) is 0 Å². The van der Waals surface area contributed by atoms with E-state index < -0.39 is 0 Å². The quantitative estimate of drug-likeness (QED) is 0.717. The summed E-state index contributed by atoms with van der Waals surface area (Å²) in [4.78, 5) is 0. The third kappa shape index (κ3) is 1.60. The second-order valence-corrected chi connectivity index (χ2v) is 4.06. The highest BCUT2D eigenvalue weighted by atomic mass is 14.8. The van der Waals surface area contributed by atoms with Crippen LogP contribution in [0.15, 0.2) is 42.5 Å². The van der Waals surface area contributed by atoms with Crippen molar-refractivity contribution in [2.24, 2.45) is 0 Å². The standard InChI is InChI=1S/C13H17N/c1-14-11-13(9-5-6-10-13)12-7-3-2-4-8-12/h2-8,14H,9-11H2,1H3. The van der Waals surface area contributed by atoms with Gasteiger partial charge in [-0.2, -0.15) is 0 Å². The minimum atomic E-state index is 0.315. The molecular weight excluding hydrogens is 170 g/mol. The number of hydrogen-bond donors (Lipinski definition) is 1. The summed E-state index contributed by atoms with van der Waals surface area (Å²) in [5, 5.41) is 3.31. The van der Waals surface area contributed by atoms with Crippen LogP contribution >= 0.6 is 0 Å². The predicted molar refractivity (Wildman–Crippen MR) is 60.4 cm³/mol. The van der Waals surface area contributed by atoms with Gasteiger partial charge in [-0.1, -0.05) is 42.5 Å². The van der Waals surface area contributed by atoms with Crippen molar-refractivity contribution in [3.05, 3.63) is 48.0 Å². The van der Waals surface area contributed by atoms with E-state index in [9.17, 15) is 0 Å². The molecule has 1 N–H and O–H groups in total. The van der Waals surface area contributed by atoms with Crippen LogP contribution in [-0.4, -0.2) is 13.6 Å². The smallest absolute Gasteiger partial charge is 0.0146 e. The molecule has 0 saturated heterocycles. The summed E-state index contributed by atoms with van der Waals surface area (Å²) in [5.41, 5.74) is 1.77. The molecule has 0 radical (unpaired) electrons. The molecule has 1 aliphatic carbocycles. The second kappa shape index (κ2) is 3.97. The lowest BCUT2D eigenvalue weighted by Crippen LogP contribution is -2.34.